The van der Waals surface area contributed by atoms with Crippen LogP contribution in [0, 0.1) is 11.3 Å². The Morgan fingerprint density at radius 3 is 2.50 bits per heavy atom. The fraction of sp³-hybridized carbons (Fsp3) is 0.389. The third-order valence-electron chi connectivity index (χ3n) is 5.15. The van der Waals surface area contributed by atoms with Crippen LogP contribution in [0.15, 0.2) is 23.1 Å². The van der Waals surface area contributed by atoms with Crippen molar-refractivity contribution < 1.29 is 21.6 Å². The smallest absolute Gasteiger partial charge is 0.309 e. The average molecular weight is 436 g/mol. The second-order valence-corrected chi connectivity index (χ2v) is 9.32. The lowest BCUT2D eigenvalue weighted by Crippen LogP contribution is -2.13. The van der Waals surface area contributed by atoms with E-state index in [1.807, 2.05) is 0 Å². The summed E-state index contributed by atoms with van der Waals surface area (Å²) in [6.07, 6.45) is -3.50. The third kappa shape index (κ3) is 3.09. The van der Waals surface area contributed by atoms with Crippen LogP contribution in [0.3, 0.4) is 0 Å². The standard InChI is InChI=1S/C18H15F3N6O2S/c1-3-30(28,29)11-4-5-12(17(9-22)6-7-17)24-14(11)16-23-10-8-13(18(19,20)21)25-26-15(10)27(16)2/h4-5,8H,3,6-7H2,1-2H3. The Hall–Kier alpha value is -3.07. The molecule has 12 heteroatoms. The Morgan fingerprint density at radius 1 is 1.23 bits per heavy atom. The molecule has 8 nitrogen and oxygen atoms in total. The van der Waals surface area contributed by atoms with Crippen molar-refractivity contribution in [1.82, 2.24) is 24.7 Å². The van der Waals surface area contributed by atoms with Gasteiger partial charge in [-0.1, -0.05) is 6.92 Å². The fourth-order valence-electron chi connectivity index (χ4n) is 3.17. The monoisotopic (exact) mass is 436 g/mol. The second kappa shape index (κ2) is 6.46. The Morgan fingerprint density at radius 2 is 1.93 bits per heavy atom. The van der Waals surface area contributed by atoms with E-state index in [2.05, 4.69) is 26.2 Å². The SMILES string of the molecule is CCS(=O)(=O)c1ccc(C2(C#N)CC2)nc1-c1nc2cc(C(F)(F)F)nnc2n1C. The first-order valence-electron chi connectivity index (χ1n) is 8.96. The number of halogens is 3. The van der Waals surface area contributed by atoms with Gasteiger partial charge in [0.1, 0.15) is 11.2 Å². The van der Waals surface area contributed by atoms with Crippen molar-refractivity contribution in [3.05, 3.63) is 29.6 Å². The molecular weight excluding hydrogens is 421 g/mol. The van der Waals surface area contributed by atoms with Crippen LogP contribution < -0.4 is 0 Å². The first-order valence-corrected chi connectivity index (χ1v) is 10.6. The predicted octanol–water partition coefficient (Wildman–Crippen LogP) is 2.79. The summed E-state index contributed by atoms with van der Waals surface area (Å²) < 4.78 is 65.6. The second-order valence-electron chi connectivity index (χ2n) is 7.07. The van der Waals surface area contributed by atoms with E-state index < -0.39 is 27.1 Å². The number of sulfone groups is 1. The quantitative estimate of drug-likeness (QED) is 0.618. The highest BCUT2D eigenvalue weighted by molar-refractivity contribution is 7.91. The van der Waals surface area contributed by atoms with Gasteiger partial charge in [0.15, 0.2) is 27.0 Å². The van der Waals surface area contributed by atoms with Gasteiger partial charge in [0, 0.05) is 13.1 Å². The maximum atomic E-state index is 13.0. The zero-order valence-electron chi connectivity index (χ0n) is 15.9. The summed E-state index contributed by atoms with van der Waals surface area (Å²) in [7, 11) is -2.24. The van der Waals surface area contributed by atoms with Gasteiger partial charge in [-0.15, -0.1) is 10.2 Å². The van der Waals surface area contributed by atoms with E-state index in [1.165, 1.54) is 30.7 Å². The molecule has 0 spiro atoms. The lowest BCUT2D eigenvalue weighted by molar-refractivity contribution is -0.141. The maximum Gasteiger partial charge on any atom is 0.435 e. The van der Waals surface area contributed by atoms with Crippen molar-refractivity contribution >= 4 is 21.0 Å². The first-order chi connectivity index (χ1) is 14.0. The van der Waals surface area contributed by atoms with Gasteiger partial charge < -0.3 is 4.57 Å². The zero-order chi connectivity index (χ0) is 21.9. The molecule has 0 amide bonds. The number of pyridine rings is 1. The van der Waals surface area contributed by atoms with Crippen molar-refractivity contribution in [1.29, 1.82) is 5.26 Å². The summed E-state index contributed by atoms with van der Waals surface area (Å²) in [6.45, 7) is 1.47. The molecule has 0 aliphatic heterocycles. The molecule has 1 aliphatic carbocycles. The van der Waals surface area contributed by atoms with Crippen molar-refractivity contribution in [3.8, 4) is 17.6 Å². The van der Waals surface area contributed by atoms with Gasteiger partial charge in [-0.25, -0.2) is 18.4 Å². The van der Waals surface area contributed by atoms with Gasteiger partial charge in [0.25, 0.3) is 0 Å². The van der Waals surface area contributed by atoms with Crippen LogP contribution in [0.1, 0.15) is 31.2 Å². The van der Waals surface area contributed by atoms with Crippen molar-refractivity contribution in [2.24, 2.45) is 7.05 Å². The molecule has 156 valence electrons. The number of hydrogen-bond donors (Lipinski definition) is 0. The number of alkyl halides is 3. The van der Waals surface area contributed by atoms with Gasteiger partial charge in [-0.2, -0.15) is 18.4 Å². The molecule has 4 rings (SSSR count). The first kappa shape index (κ1) is 20.2. The van der Waals surface area contributed by atoms with Crippen LogP contribution in [0.2, 0.25) is 0 Å². The Labute approximate surface area is 169 Å². The highest BCUT2D eigenvalue weighted by Crippen LogP contribution is 2.47. The van der Waals surface area contributed by atoms with E-state index in [4.69, 9.17) is 0 Å². The predicted molar refractivity (Wildman–Crippen MR) is 98.8 cm³/mol. The van der Waals surface area contributed by atoms with E-state index in [0.717, 1.165) is 6.07 Å². The number of hydrogen-bond acceptors (Lipinski definition) is 7. The molecule has 0 bridgehead atoms. The molecule has 1 fully saturated rings. The number of rotatable bonds is 4. The molecule has 0 aromatic carbocycles. The van der Waals surface area contributed by atoms with Crippen LogP contribution in [-0.2, 0) is 28.5 Å². The summed E-state index contributed by atoms with van der Waals surface area (Å²) in [6, 6.07) is 5.83. The largest absolute Gasteiger partial charge is 0.435 e. The number of aryl methyl sites for hydroxylation is 1. The van der Waals surface area contributed by atoms with Gasteiger partial charge in [-0.3, -0.25) is 0 Å². The molecule has 0 radical (unpaired) electrons. The Balaban J connectivity index is 1.98. The highest BCUT2D eigenvalue weighted by Gasteiger charge is 2.47. The van der Waals surface area contributed by atoms with Gasteiger partial charge >= 0.3 is 6.18 Å². The fourth-order valence-corrected chi connectivity index (χ4v) is 4.18. The van der Waals surface area contributed by atoms with E-state index in [1.54, 1.807) is 0 Å². The third-order valence-corrected chi connectivity index (χ3v) is 6.91. The highest BCUT2D eigenvalue weighted by atomic mass is 32.2. The maximum absolute atomic E-state index is 13.0. The summed E-state index contributed by atoms with van der Waals surface area (Å²) >= 11 is 0. The van der Waals surface area contributed by atoms with Crippen LogP contribution >= 0.6 is 0 Å². The number of nitriles is 1. The lowest BCUT2D eigenvalue weighted by Gasteiger charge is -2.12. The Kier molecular flexibility index (Phi) is 4.36. The summed E-state index contributed by atoms with van der Waals surface area (Å²) in [5.41, 5.74) is -1.65. The van der Waals surface area contributed by atoms with E-state index in [-0.39, 0.29) is 33.3 Å². The van der Waals surface area contributed by atoms with Crippen LogP contribution in [-0.4, -0.2) is 38.9 Å². The topological polar surface area (TPSA) is 114 Å². The van der Waals surface area contributed by atoms with Crippen molar-refractivity contribution in [3.63, 3.8) is 0 Å². The number of imidazole rings is 1. The van der Waals surface area contributed by atoms with Crippen molar-refractivity contribution in [2.75, 3.05) is 5.75 Å². The molecule has 0 atom stereocenters. The minimum atomic E-state index is -4.70. The number of fused-ring (bicyclic) bond motifs is 1. The molecule has 0 saturated heterocycles. The Bertz CT molecular complexity index is 1320. The zero-order valence-corrected chi connectivity index (χ0v) is 16.7. The molecule has 1 saturated carbocycles. The van der Waals surface area contributed by atoms with Crippen LogP contribution in [0.5, 0.6) is 0 Å². The molecule has 30 heavy (non-hydrogen) atoms. The summed E-state index contributed by atoms with van der Waals surface area (Å²) in [5.74, 6) is -0.173. The molecule has 1 aliphatic rings. The minimum Gasteiger partial charge on any atom is -0.309 e. The summed E-state index contributed by atoms with van der Waals surface area (Å²) in [4.78, 5) is 8.51. The average Bonchev–Trinajstić information content (AvgIpc) is 3.45. The molecule has 3 aromatic heterocycles. The number of nitrogens with zero attached hydrogens (tertiary/aromatic N) is 6. The summed E-state index contributed by atoms with van der Waals surface area (Å²) in [5, 5.41) is 16.3. The minimum absolute atomic E-state index is 0.0232. The van der Waals surface area contributed by atoms with E-state index in [9.17, 15) is 26.9 Å². The normalized spacial score (nSPS) is 15.9. The van der Waals surface area contributed by atoms with Gasteiger partial charge in [0.2, 0.25) is 0 Å². The molecule has 0 unspecified atom stereocenters. The molecule has 3 heterocycles. The van der Waals surface area contributed by atoms with Crippen LogP contribution in [0.25, 0.3) is 22.7 Å². The van der Waals surface area contributed by atoms with Crippen LogP contribution in [0.4, 0.5) is 13.2 Å². The number of aromatic nitrogens is 5. The van der Waals surface area contributed by atoms with Gasteiger partial charge in [0.05, 0.1) is 27.8 Å². The van der Waals surface area contributed by atoms with E-state index >= 15 is 0 Å². The molecule has 3 aromatic rings. The lowest BCUT2D eigenvalue weighted by atomic mass is 10.0. The molecule has 0 N–H and O–H groups in total. The van der Waals surface area contributed by atoms with Gasteiger partial charge in [-0.05, 0) is 25.0 Å². The van der Waals surface area contributed by atoms with Crippen molar-refractivity contribution in [2.45, 2.75) is 36.3 Å². The van der Waals surface area contributed by atoms with E-state index in [0.29, 0.717) is 18.5 Å². The molecular formula is C18H15F3N6O2S.